The summed E-state index contributed by atoms with van der Waals surface area (Å²) in [7, 11) is 0. The number of ether oxygens (including phenoxy) is 3. The molecule has 0 rings (SSSR count). The second-order valence-electron chi connectivity index (χ2n) is 18.8. The Morgan fingerprint density at radius 3 is 0.942 bits per heavy atom. The molecule has 6 heteroatoms. The summed E-state index contributed by atoms with van der Waals surface area (Å²) in [5, 5.41) is 0. The van der Waals surface area contributed by atoms with Crippen molar-refractivity contribution in [3.05, 3.63) is 97.2 Å². The molecule has 0 radical (unpaired) electrons. The van der Waals surface area contributed by atoms with Crippen LogP contribution in [0.1, 0.15) is 265 Å². The van der Waals surface area contributed by atoms with Crippen molar-refractivity contribution in [2.75, 3.05) is 13.2 Å². The fraction of sp³-hybridized carbons (Fsp3) is 0.698. The third-order valence-corrected chi connectivity index (χ3v) is 12.1. The van der Waals surface area contributed by atoms with Gasteiger partial charge >= 0.3 is 17.9 Å². The molecular formula is C63H106O6. The number of hydrogen-bond acceptors (Lipinski definition) is 6. The van der Waals surface area contributed by atoms with Gasteiger partial charge in [0.15, 0.2) is 6.10 Å². The van der Waals surface area contributed by atoms with Gasteiger partial charge in [0.05, 0.1) is 0 Å². The fourth-order valence-electron chi connectivity index (χ4n) is 7.79. The van der Waals surface area contributed by atoms with E-state index < -0.39 is 12.1 Å². The highest BCUT2D eigenvalue weighted by Gasteiger charge is 2.19. The van der Waals surface area contributed by atoms with E-state index in [1.807, 2.05) is 12.2 Å². The number of allylic oxidation sites excluding steroid dienone is 16. The van der Waals surface area contributed by atoms with Gasteiger partial charge in [-0.25, -0.2) is 0 Å². The minimum Gasteiger partial charge on any atom is -0.462 e. The summed E-state index contributed by atoms with van der Waals surface area (Å²) in [6.45, 7) is 6.37. The Labute approximate surface area is 426 Å². The number of esters is 3. The predicted octanol–water partition coefficient (Wildman–Crippen LogP) is 19.3. The Kier molecular flexibility index (Phi) is 53.9. The van der Waals surface area contributed by atoms with Gasteiger partial charge in [0.2, 0.25) is 0 Å². The minimum atomic E-state index is -0.814. The van der Waals surface area contributed by atoms with Crippen molar-refractivity contribution >= 4 is 17.9 Å². The third-order valence-electron chi connectivity index (χ3n) is 12.1. The number of hydrogen-bond donors (Lipinski definition) is 0. The Morgan fingerprint density at radius 1 is 0.304 bits per heavy atom. The molecule has 0 aromatic heterocycles. The Morgan fingerprint density at radius 2 is 0.594 bits per heavy atom. The topological polar surface area (TPSA) is 78.9 Å². The number of rotatable bonds is 51. The normalized spacial score (nSPS) is 12.8. The summed E-state index contributed by atoms with van der Waals surface area (Å²) in [5.41, 5.74) is 0. The first-order chi connectivity index (χ1) is 34.0. The second kappa shape index (κ2) is 56.9. The van der Waals surface area contributed by atoms with Crippen LogP contribution in [-0.4, -0.2) is 37.2 Å². The Hall–Kier alpha value is -3.67. The van der Waals surface area contributed by atoms with Gasteiger partial charge in [-0.3, -0.25) is 14.4 Å². The molecule has 0 heterocycles. The van der Waals surface area contributed by atoms with E-state index >= 15 is 0 Å². The number of carbonyl (C=O) groups is 3. The highest BCUT2D eigenvalue weighted by Crippen LogP contribution is 2.15. The van der Waals surface area contributed by atoms with Gasteiger partial charge in [0.1, 0.15) is 13.2 Å². The maximum atomic E-state index is 12.7. The van der Waals surface area contributed by atoms with Gasteiger partial charge in [-0.05, 0) is 89.9 Å². The van der Waals surface area contributed by atoms with Crippen molar-refractivity contribution in [3.8, 4) is 0 Å². The average molecular weight is 960 g/mol. The Balaban J connectivity index is 4.14. The third kappa shape index (κ3) is 55.1. The lowest BCUT2D eigenvalue weighted by molar-refractivity contribution is -0.166. The first-order valence-corrected chi connectivity index (χ1v) is 28.7. The van der Waals surface area contributed by atoms with Crippen LogP contribution in [0.2, 0.25) is 0 Å². The molecule has 1 unspecified atom stereocenters. The molecule has 0 saturated carbocycles. The molecule has 394 valence electrons. The quantitative estimate of drug-likeness (QED) is 0.0262. The molecule has 0 N–H and O–H groups in total. The molecule has 0 aromatic carbocycles. The molecule has 69 heavy (non-hydrogen) atoms. The van der Waals surface area contributed by atoms with Crippen LogP contribution < -0.4 is 0 Å². The van der Waals surface area contributed by atoms with E-state index in [1.165, 1.54) is 122 Å². The molecule has 6 nitrogen and oxygen atoms in total. The highest BCUT2D eigenvalue weighted by atomic mass is 16.6. The minimum absolute atomic E-state index is 0.107. The molecule has 0 aromatic rings. The second-order valence-corrected chi connectivity index (χ2v) is 18.8. The lowest BCUT2D eigenvalue weighted by atomic mass is 10.0. The molecule has 0 spiro atoms. The van der Waals surface area contributed by atoms with E-state index in [1.54, 1.807) is 0 Å². The van der Waals surface area contributed by atoms with Crippen molar-refractivity contribution in [2.45, 2.75) is 271 Å². The lowest BCUT2D eigenvalue weighted by Gasteiger charge is -2.18. The van der Waals surface area contributed by atoms with E-state index in [0.717, 1.165) is 96.3 Å². The van der Waals surface area contributed by atoms with Crippen molar-refractivity contribution < 1.29 is 28.6 Å². The fourth-order valence-corrected chi connectivity index (χ4v) is 7.79. The maximum Gasteiger partial charge on any atom is 0.306 e. The van der Waals surface area contributed by atoms with Crippen molar-refractivity contribution in [1.82, 2.24) is 0 Å². The van der Waals surface area contributed by atoms with E-state index in [-0.39, 0.29) is 31.6 Å². The van der Waals surface area contributed by atoms with Gasteiger partial charge in [-0.15, -0.1) is 0 Å². The van der Waals surface area contributed by atoms with Gasteiger partial charge in [0.25, 0.3) is 0 Å². The van der Waals surface area contributed by atoms with Crippen LogP contribution in [0.5, 0.6) is 0 Å². The maximum absolute atomic E-state index is 12.7. The van der Waals surface area contributed by atoms with Crippen molar-refractivity contribution in [3.63, 3.8) is 0 Å². The molecule has 0 aliphatic heterocycles. The SMILES string of the molecule is CC/C=C\C/C=C\C/C=C\C/C=C\C/C=C\C/C=C\CCC(=O)OC(COC(=O)CCCCCCC)COC(=O)CCCCCCCCCCCCCCCCC/C=C\C/C=C\CCCCCCC. The summed E-state index contributed by atoms with van der Waals surface area (Å²) < 4.78 is 16.6. The van der Waals surface area contributed by atoms with Crippen molar-refractivity contribution in [2.24, 2.45) is 0 Å². The Bertz CT molecular complexity index is 1380. The first-order valence-electron chi connectivity index (χ1n) is 28.7. The van der Waals surface area contributed by atoms with Crippen LogP contribution in [0, 0.1) is 0 Å². The molecule has 0 saturated heterocycles. The van der Waals surface area contributed by atoms with Crippen molar-refractivity contribution in [1.29, 1.82) is 0 Å². The van der Waals surface area contributed by atoms with Gasteiger partial charge in [0, 0.05) is 19.3 Å². The molecule has 1 atom stereocenters. The number of carbonyl (C=O) groups excluding carboxylic acids is 3. The van der Waals surface area contributed by atoms with Crippen LogP contribution in [0.15, 0.2) is 97.2 Å². The molecule has 0 aliphatic carbocycles. The summed E-state index contributed by atoms with van der Waals surface area (Å²) in [6, 6.07) is 0. The highest BCUT2D eigenvalue weighted by molar-refractivity contribution is 5.71. The van der Waals surface area contributed by atoms with Gasteiger partial charge in [-0.1, -0.05) is 253 Å². The van der Waals surface area contributed by atoms with Crippen LogP contribution in [0.3, 0.4) is 0 Å². The molecular weight excluding hydrogens is 853 g/mol. The van der Waals surface area contributed by atoms with E-state index in [9.17, 15) is 14.4 Å². The smallest absolute Gasteiger partial charge is 0.306 e. The summed E-state index contributed by atoms with van der Waals surface area (Å²) in [4.78, 5) is 37.7. The number of unbranched alkanes of at least 4 members (excludes halogenated alkanes) is 24. The standard InChI is InChI=1S/C63H106O6/c1-4-7-10-13-15-17-19-21-23-25-27-28-29-30-31-32-33-34-36-37-39-41-43-45-47-50-53-56-62(65)68-59-60(58-67-61(64)55-52-49-12-9-6-3)69-63(66)57-54-51-48-46-44-42-40-38-35-26-24-22-20-18-16-14-11-8-5-2/h8,11,16,18-19,21-22,24-25,27,35,38,42,44,48,51,60H,4-7,9-10,12-15,17,20,23,26,28-34,36-37,39-41,43,45-47,49-50,52-59H2,1-3H3/b11-8-,18-16-,21-19-,24-22-,27-25-,38-35-,44-42-,51-48-. The van der Waals surface area contributed by atoms with E-state index in [4.69, 9.17) is 14.2 Å². The lowest BCUT2D eigenvalue weighted by Crippen LogP contribution is -2.30. The predicted molar refractivity (Wildman–Crippen MR) is 297 cm³/mol. The molecule has 0 aliphatic rings. The van der Waals surface area contributed by atoms with E-state index in [2.05, 4.69) is 106 Å². The average Bonchev–Trinajstić information content (AvgIpc) is 3.35. The summed E-state index contributed by atoms with van der Waals surface area (Å²) in [6.07, 6.45) is 76.1. The summed E-state index contributed by atoms with van der Waals surface area (Å²) >= 11 is 0. The molecule has 0 amide bonds. The molecule has 0 fully saturated rings. The van der Waals surface area contributed by atoms with Crippen LogP contribution in [0.25, 0.3) is 0 Å². The van der Waals surface area contributed by atoms with Crippen LogP contribution in [-0.2, 0) is 28.6 Å². The first kappa shape index (κ1) is 65.3. The van der Waals surface area contributed by atoms with Crippen LogP contribution >= 0.6 is 0 Å². The monoisotopic (exact) mass is 959 g/mol. The zero-order valence-electron chi connectivity index (χ0n) is 45.0. The van der Waals surface area contributed by atoms with Gasteiger partial charge < -0.3 is 14.2 Å². The zero-order chi connectivity index (χ0) is 50.0. The van der Waals surface area contributed by atoms with Gasteiger partial charge in [-0.2, -0.15) is 0 Å². The van der Waals surface area contributed by atoms with Crippen LogP contribution in [0.4, 0.5) is 0 Å². The van der Waals surface area contributed by atoms with E-state index in [0.29, 0.717) is 19.3 Å². The molecule has 0 bridgehead atoms. The summed E-state index contributed by atoms with van der Waals surface area (Å²) in [5.74, 6) is -1.01. The zero-order valence-corrected chi connectivity index (χ0v) is 45.0. The largest absolute Gasteiger partial charge is 0.462 e.